The molecule has 1 atom stereocenters. The SMILES string of the molecule is CCCOC(=O)c1ccccc1C(=O)OC(CC)CCC. The van der Waals surface area contributed by atoms with Crippen molar-refractivity contribution in [1.29, 1.82) is 0 Å². The lowest BCUT2D eigenvalue weighted by atomic mass is 10.1. The third-order valence-electron chi connectivity index (χ3n) is 3.14. The van der Waals surface area contributed by atoms with Crippen LogP contribution in [-0.4, -0.2) is 24.6 Å². The van der Waals surface area contributed by atoms with Crippen LogP contribution in [0.5, 0.6) is 0 Å². The van der Waals surface area contributed by atoms with E-state index in [-0.39, 0.29) is 17.2 Å². The molecule has 1 aromatic carbocycles. The van der Waals surface area contributed by atoms with Gasteiger partial charge < -0.3 is 9.47 Å². The van der Waals surface area contributed by atoms with Gasteiger partial charge >= 0.3 is 11.9 Å². The average molecular weight is 292 g/mol. The van der Waals surface area contributed by atoms with Crippen LogP contribution >= 0.6 is 0 Å². The highest BCUT2D eigenvalue weighted by Crippen LogP contribution is 2.15. The molecule has 4 heteroatoms. The first kappa shape index (κ1) is 17.2. The average Bonchev–Trinajstić information content (AvgIpc) is 2.51. The Morgan fingerprint density at radius 3 is 2.14 bits per heavy atom. The third-order valence-corrected chi connectivity index (χ3v) is 3.14. The fraction of sp³-hybridized carbons (Fsp3) is 0.529. The summed E-state index contributed by atoms with van der Waals surface area (Å²) in [6, 6.07) is 6.62. The van der Waals surface area contributed by atoms with E-state index >= 15 is 0 Å². The van der Waals surface area contributed by atoms with Gasteiger partial charge in [-0.3, -0.25) is 0 Å². The van der Waals surface area contributed by atoms with Crippen LogP contribution < -0.4 is 0 Å². The Bertz CT molecular complexity index is 468. The van der Waals surface area contributed by atoms with E-state index in [1.807, 2.05) is 20.8 Å². The first-order valence-electron chi connectivity index (χ1n) is 7.61. The van der Waals surface area contributed by atoms with Crippen LogP contribution in [0.4, 0.5) is 0 Å². The van der Waals surface area contributed by atoms with Gasteiger partial charge in [0.2, 0.25) is 0 Å². The number of hydrogen-bond acceptors (Lipinski definition) is 4. The van der Waals surface area contributed by atoms with Crippen molar-refractivity contribution in [2.24, 2.45) is 0 Å². The van der Waals surface area contributed by atoms with Crippen molar-refractivity contribution in [3.63, 3.8) is 0 Å². The minimum atomic E-state index is -0.479. The Kier molecular flexibility index (Phi) is 7.51. The fourth-order valence-corrected chi connectivity index (χ4v) is 1.99. The fourth-order valence-electron chi connectivity index (χ4n) is 1.99. The molecule has 0 saturated heterocycles. The number of hydrogen-bond donors (Lipinski definition) is 0. The van der Waals surface area contributed by atoms with Crippen LogP contribution in [0.25, 0.3) is 0 Å². The van der Waals surface area contributed by atoms with Crippen LogP contribution in [0.1, 0.15) is 67.2 Å². The van der Waals surface area contributed by atoms with Crippen LogP contribution in [-0.2, 0) is 9.47 Å². The predicted molar refractivity (Wildman–Crippen MR) is 81.4 cm³/mol. The summed E-state index contributed by atoms with van der Waals surface area (Å²) in [6.07, 6.45) is 3.17. The minimum Gasteiger partial charge on any atom is -0.462 e. The quantitative estimate of drug-likeness (QED) is 0.680. The van der Waals surface area contributed by atoms with E-state index < -0.39 is 11.9 Å². The Hall–Kier alpha value is -1.84. The zero-order valence-electron chi connectivity index (χ0n) is 13.1. The van der Waals surface area contributed by atoms with Gasteiger partial charge in [0.15, 0.2) is 0 Å². The molecule has 1 unspecified atom stereocenters. The Balaban J connectivity index is 2.86. The highest BCUT2D eigenvalue weighted by atomic mass is 16.5. The summed E-state index contributed by atoms with van der Waals surface area (Å²) in [6.45, 7) is 6.29. The van der Waals surface area contributed by atoms with Crippen molar-refractivity contribution in [2.45, 2.75) is 52.6 Å². The third kappa shape index (κ3) is 5.21. The van der Waals surface area contributed by atoms with Gasteiger partial charge in [-0.1, -0.05) is 39.3 Å². The molecule has 0 aliphatic heterocycles. The summed E-state index contributed by atoms with van der Waals surface area (Å²) in [7, 11) is 0. The largest absolute Gasteiger partial charge is 0.462 e. The molecular formula is C17H24O4. The first-order valence-corrected chi connectivity index (χ1v) is 7.61. The molecule has 0 amide bonds. The Morgan fingerprint density at radius 1 is 1.00 bits per heavy atom. The van der Waals surface area contributed by atoms with E-state index in [9.17, 15) is 9.59 Å². The standard InChI is InChI=1S/C17H24O4/c1-4-9-13(6-3)21-17(19)15-11-8-7-10-14(15)16(18)20-12-5-2/h7-8,10-11,13H,4-6,9,12H2,1-3H3. The molecule has 0 aliphatic carbocycles. The zero-order valence-corrected chi connectivity index (χ0v) is 13.1. The lowest BCUT2D eigenvalue weighted by Gasteiger charge is -2.16. The summed E-state index contributed by atoms with van der Waals surface area (Å²) in [5.74, 6) is -0.938. The molecule has 0 aliphatic rings. The van der Waals surface area contributed by atoms with Gasteiger partial charge in [0.1, 0.15) is 6.10 Å². The van der Waals surface area contributed by atoms with Gasteiger partial charge in [0.25, 0.3) is 0 Å². The maximum absolute atomic E-state index is 12.3. The van der Waals surface area contributed by atoms with Crippen LogP contribution in [0, 0.1) is 0 Å². The van der Waals surface area contributed by atoms with E-state index in [1.54, 1.807) is 24.3 Å². The summed E-state index contributed by atoms with van der Waals surface area (Å²) in [4.78, 5) is 24.2. The lowest BCUT2D eigenvalue weighted by Crippen LogP contribution is -2.20. The van der Waals surface area contributed by atoms with Crippen molar-refractivity contribution in [1.82, 2.24) is 0 Å². The highest BCUT2D eigenvalue weighted by Gasteiger charge is 2.21. The lowest BCUT2D eigenvalue weighted by molar-refractivity contribution is 0.0262. The van der Waals surface area contributed by atoms with Crippen molar-refractivity contribution < 1.29 is 19.1 Å². The van der Waals surface area contributed by atoms with E-state index in [4.69, 9.17) is 9.47 Å². The summed E-state index contributed by atoms with van der Waals surface area (Å²) >= 11 is 0. The maximum Gasteiger partial charge on any atom is 0.339 e. The van der Waals surface area contributed by atoms with Crippen molar-refractivity contribution in [3.8, 4) is 0 Å². The molecule has 116 valence electrons. The van der Waals surface area contributed by atoms with Crippen LogP contribution in [0.3, 0.4) is 0 Å². The second-order valence-corrected chi connectivity index (χ2v) is 4.91. The first-order chi connectivity index (χ1) is 10.1. The van der Waals surface area contributed by atoms with Crippen LogP contribution in [0.15, 0.2) is 24.3 Å². The second kappa shape index (κ2) is 9.16. The topological polar surface area (TPSA) is 52.6 Å². The highest BCUT2D eigenvalue weighted by molar-refractivity contribution is 6.03. The number of ether oxygens (including phenoxy) is 2. The Labute approximate surface area is 126 Å². The molecular weight excluding hydrogens is 268 g/mol. The smallest absolute Gasteiger partial charge is 0.339 e. The number of esters is 2. The van der Waals surface area contributed by atoms with E-state index in [0.717, 1.165) is 25.7 Å². The number of carbonyl (C=O) groups excluding carboxylic acids is 2. The van der Waals surface area contributed by atoms with Gasteiger partial charge in [-0.2, -0.15) is 0 Å². The van der Waals surface area contributed by atoms with E-state index in [2.05, 4.69) is 0 Å². The molecule has 0 aromatic heterocycles. The molecule has 0 bridgehead atoms. The van der Waals surface area contributed by atoms with Gasteiger partial charge in [0.05, 0.1) is 17.7 Å². The Morgan fingerprint density at radius 2 is 1.62 bits per heavy atom. The summed E-state index contributed by atoms with van der Waals surface area (Å²) in [5.41, 5.74) is 0.537. The van der Waals surface area contributed by atoms with Crippen LogP contribution in [0.2, 0.25) is 0 Å². The minimum absolute atomic E-state index is 0.109. The normalized spacial score (nSPS) is 11.8. The van der Waals surface area contributed by atoms with Crippen molar-refractivity contribution in [3.05, 3.63) is 35.4 Å². The molecule has 0 saturated carbocycles. The predicted octanol–water partition coefficient (Wildman–Crippen LogP) is 3.99. The molecule has 0 N–H and O–H groups in total. The number of rotatable bonds is 8. The summed E-state index contributed by atoms with van der Waals surface area (Å²) in [5, 5.41) is 0. The van der Waals surface area contributed by atoms with Crippen molar-refractivity contribution in [2.75, 3.05) is 6.61 Å². The maximum atomic E-state index is 12.3. The van der Waals surface area contributed by atoms with Gasteiger partial charge in [-0.25, -0.2) is 9.59 Å². The van der Waals surface area contributed by atoms with E-state index in [0.29, 0.717) is 6.61 Å². The second-order valence-electron chi connectivity index (χ2n) is 4.91. The summed E-state index contributed by atoms with van der Waals surface area (Å²) < 4.78 is 10.6. The molecule has 1 rings (SSSR count). The molecule has 1 aromatic rings. The monoisotopic (exact) mass is 292 g/mol. The zero-order chi connectivity index (χ0) is 15.7. The molecule has 4 nitrogen and oxygen atoms in total. The van der Waals surface area contributed by atoms with Gasteiger partial charge in [-0.15, -0.1) is 0 Å². The molecule has 0 fully saturated rings. The van der Waals surface area contributed by atoms with Gasteiger partial charge in [0, 0.05) is 0 Å². The number of carbonyl (C=O) groups is 2. The molecule has 0 radical (unpaired) electrons. The van der Waals surface area contributed by atoms with Gasteiger partial charge in [-0.05, 0) is 31.4 Å². The number of benzene rings is 1. The molecule has 21 heavy (non-hydrogen) atoms. The molecule has 0 spiro atoms. The molecule has 0 heterocycles. The van der Waals surface area contributed by atoms with Crippen molar-refractivity contribution >= 4 is 11.9 Å². The van der Waals surface area contributed by atoms with E-state index in [1.165, 1.54) is 0 Å².